The van der Waals surface area contributed by atoms with Gasteiger partial charge < -0.3 is 31.6 Å². The van der Waals surface area contributed by atoms with Gasteiger partial charge in [0.2, 0.25) is 11.8 Å². The van der Waals surface area contributed by atoms with Crippen molar-refractivity contribution >= 4 is 29.7 Å². The maximum absolute atomic E-state index is 13.0. The molecule has 0 saturated heterocycles. The van der Waals surface area contributed by atoms with E-state index in [-0.39, 0.29) is 67.5 Å². The summed E-state index contributed by atoms with van der Waals surface area (Å²) in [7, 11) is 0. The fourth-order valence-corrected chi connectivity index (χ4v) is 5.97. The number of amides is 2. The van der Waals surface area contributed by atoms with Crippen molar-refractivity contribution in [3.8, 4) is 0 Å². The first-order chi connectivity index (χ1) is 24.2. The van der Waals surface area contributed by atoms with Crippen molar-refractivity contribution in [2.45, 2.75) is 181 Å². The van der Waals surface area contributed by atoms with Crippen LogP contribution < -0.4 is 22.1 Å². The highest BCUT2D eigenvalue weighted by Gasteiger charge is 2.22. The van der Waals surface area contributed by atoms with Crippen molar-refractivity contribution in [2.24, 2.45) is 28.3 Å². The number of nitrogens with two attached hydrogens (primary N) is 2. The summed E-state index contributed by atoms with van der Waals surface area (Å²) in [5.74, 6) is -1.13. The fourth-order valence-electron chi connectivity index (χ4n) is 5.97. The molecule has 0 aliphatic carbocycles. The third-order valence-electron chi connectivity index (χ3n) is 9.04. The number of hydrogen-bond donors (Lipinski definition) is 4. The zero-order valence-electron chi connectivity index (χ0n) is 32.4. The summed E-state index contributed by atoms with van der Waals surface area (Å²) in [6.07, 6.45) is 21.2. The Labute approximate surface area is 304 Å². The van der Waals surface area contributed by atoms with Gasteiger partial charge in [-0.2, -0.15) is 0 Å². The maximum atomic E-state index is 13.0. The number of rotatable bonds is 34. The smallest absolute Gasteiger partial charge is 0.308 e. The second-order valence-corrected chi connectivity index (χ2v) is 13.7. The molecule has 3 atom stereocenters. The topological polar surface area (TPSA) is 175 Å². The van der Waals surface area contributed by atoms with Gasteiger partial charge in [0.05, 0.1) is 25.0 Å². The second kappa shape index (κ2) is 33.3. The van der Waals surface area contributed by atoms with Crippen molar-refractivity contribution in [1.29, 1.82) is 0 Å². The van der Waals surface area contributed by atoms with Crippen molar-refractivity contribution in [3.05, 3.63) is 0 Å². The van der Waals surface area contributed by atoms with Gasteiger partial charge >= 0.3 is 11.9 Å². The van der Waals surface area contributed by atoms with E-state index >= 15 is 0 Å². The van der Waals surface area contributed by atoms with Crippen LogP contribution in [0.5, 0.6) is 0 Å². The Morgan fingerprint density at radius 1 is 0.580 bits per heavy atom. The highest BCUT2D eigenvalue weighted by atomic mass is 16.5. The summed E-state index contributed by atoms with van der Waals surface area (Å²) in [4.78, 5) is 55.2. The largest absolute Gasteiger partial charge is 0.465 e. The van der Waals surface area contributed by atoms with Gasteiger partial charge in [-0.3, -0.25) is 24.2 Å². The molecule has 292 valence electrons. The standard InChI is InChI=1S/C39H75N5O6/c1-5-9-12-14-15-18-25-33(24-17-13-10-6-2)38(48)50-31-21-26-35(45)44-34(27-29-43-39(40)41)36(46)42-28-19-20-30-49-37(47)32(22-8-4)23-16-11-7-3/h32-34H,5-31H2,1-4H3,(H,42,46)(H,44,45)(H4,40,41,43)/t32?,33?,34-/m0/s1. The minimum atomic E-state index is -0.811. The second-order valence-electron chi connectivity index (χ2n) is 13.7. The SMILES string of the molecule is CCCCCCCCC(CCCCCC)C(=O)OCCCC(=O)N[C@@H](CCN=C(N)N)C(=O)NCCCCOC(=O)C(CCC)CCCCC. The highest BCUT2D eigenvalue weighted by molar-refractivity contribution is 5.87. The molecule has 0 aromatic carbocycles. The molecule has 0 aromatic heterocycles. The zero-order chi connectivity index (χ0) is 37.2. The number of nitrogens with one attached hydrogen (secondary N) is 2. The number of nitrogens with zero attached hydrogens (tertiary/aromatic N) is 1. The Hall–Kier alpha value is -2.85. The van der Waals surface area contributed by atoms with Gasteiger partial charge in [-0.25, -0.2) is 0 Å². The van der Waals surface area contributed by atoms with E-state index in [1.54, 1.807) is 0 Å². The molecule has 6 N–H and O–H groups in total. The lowest BCUT2D eigenvalue weighted by atomic mass is 9.94. The molecule has 11 heteroatoms. The number of carbonyl (C=O) groups is 4. The van der Waals surface area contributed by atoms with Gasteiger partial charge in [-0.15, -0.1) is 0 Å². The molecule has 0 fully saturated rings. The number of ether oxygens (including phenoxy) is 2. The molecule has 2 amide bonds. The van der Waals surface area contributed by atoms with Crippen molar-refractivity contribution < 1.29 is 28.7 Å². The molecule has 0 rings (SSSR count). The molecule has 0 radical (unpaired) electrons. The quantitative estimate of drug-likeness (QED) is 0.0234. The fraction of sp³-hybridized carbons (Fsp3) is 0.872. The molecule has 0 heterocycles. The van der Waals surface area contributed by atoms with E-state index in [0.29, 0.717) is 32.4 Å². The van der Waals surface area contributed by atoms with Crippen LogP contribution in [0.2, 0.25) is 0 Å². The van der Waals surface area contributed by atoms with E-state index in [1.807, 2.05) is 0 Å². The van der Waals surface area contributed by atoms with Crippen LogP contribution in [0.1, 0.15) is 175 Å². The zero-order valence-corrected chi connectivity index (χ0v) is 32.4. The molecule has 0 aromatic rings. The summed E-state index contributed by atoms with van der Waals surface area (Å²) >= 11 is 0. The summed E-state index contributed by atoms with van der Waals surface area (Å²) in [6, 6.07) is -0.811. The van der Waals surface area contributed by atoms with Crippen LogP contribution in [-0.2, 0) is 28.7 Å². The van der Waals surface area contributed by atoms with Crippen LogP contribution in [0.25, 0.3) is 0 Å². The molecular weight excluding hydrogens is 634 g/mol. The molecule has 0 aliphatic rings. The minimum absolute atomic E-state index is 0.0416. The van der Waals surface area contributed by atoms with E-state index in [1.165, 1.54) is 32.1 Å². The average molecular weight is 710 g/mol. The number of hydrogen-bond acceptors (Lipinski definition) is 7. The van der Waals surface area contributed by atoms with Crippen LogP contribution in [0.15, 0.2) is 4.99 Å². The Morgan fingerprint density at radius 2 is 1.08 bits per heavy atom. The van der Waals surface area contributed by atoms with E-state index in [0.717, 1.165) is 83.5 Å². The van der Waals surface area contributed by atoms with Crippen molar-refractivity contribution in [3.63, 3.8) is 0 Å². The van der Waals surface area contributed by atoms with Gasteiger partial charge in [0.1, 0.15) is 6.04 Å². The Bertz CT molecular complexity index is 911. The van der Waals surface area contributed by atoms with Gasteiger partial charge in [0.25, 0.3) is 0 Å². The maximum Gasteiger partial charge on any atom is 0.308 e. The third kappa shape index (κ3) is 26.9. The average Bonchev–Trinajstić information content (AvgIpc) is 3.09. The molecule has 2 unspecified atom stereocenters. The van der Waals surface area contributed by atoms with Gasteiger partial charge in [0, 0.05) is 19.5 Å². The van der Waals surface area contributed by atoms with Crippen molar-refractivity contribution in [1.82, 2.24) is 10.6 Å². The van der Waals surface area contributed by atoms with E-state index < -0.39 is 6.04 Å². The lowest BCUT2D eigenvalue weighted by Crippen LogP contribution is -2.47. The minimum Gasteiger partial charge on any atom is -0.465 e. The number of aliphatic imine (C=N–C) groups is 1. The van der Waals surface area contributed by atoms with Crippen LogP contribution in [0, 0.1) is 11.8 Å². The Kier molecular flexibility index (Phi) is 31.4. The normalized spacial score (nSPS) is 12.8. The lowest BCUT2D eigenvalue weighted by molar-refractivity contribution is -0.150. The summed E-state index contributed by atoms with van der Waals surface area (Å²) in [5.41, 5.74) is 10.9. The first-order valence-electron chi connectivity index (χ1n) is 20.2. The summed E-state index contributed by atoms with van der Waals surface area (Å²) in [6.45, 7) is 9.67. The molecule has 11 nitrogen and oxygen atoms in total. The summed E-state index contributed by atoms with van der Waals surface area (Å²) in [5, 5.41) is 5.66. The van der Waals surface area contributed by atoms with E-state index in [2.05, 4.69) is 43.3 Å². The molecule has 0 spiro atoms. The number of unbranched alkanes of at least 4 members (excludes halogenated alkanes) is 11. The lowest BCUT2D eigenvalue weighted by Gasteiger charge is -2.18. The van der Waals surface area contributed by atoms with Crippen LogP contribution in [0.4, 0.5) is 0 Å². The van der Waals surface area contributed by atoms with E-state index in [9.17, 15) is 19.2 Å². The van der Waals surface area contributed by atoms with Crippen LogP contribution in [-0.4, -0.2) is 62.1 Å². The Balaban J connectivity index is 4.71. The molecular formula is C39H75N5O6. The van der Waals surface area contributed by atoms with E-state index in [4.69, 9.17) is 20.9 Å². The first-order valence-corrected chi connectivity index (χ1v) is 20.2. The number of carbonyl (C=O) groups excluding carboxylic acids is 4. The van der Waals surface area contributed by atoms with Gasteiger partial charge in [0.15, 0.2) is 5.96 Å². The predicted molar refractivity (Wildman–Crippen MR) is 203 cm³/mol. The van der Waals surface area contributed by atoms with Gasteiger partial charge in [-0.1, -0.05) is 118 Å². The predicted octanol–water partition coefficient (Wildman–Crippen LogP) is 7.23. The highest BCUT2D eigenvalue weighted by Crippen LogP contribution is 2.21. The number of esters is 2. The van der Waals surface area contributed by atoms with Crippen LogP contribution >= 0.6 is 0 Å². The molecule has 50 heavy (non-hydrogen) atoms. The van der Waals surface area contributed by atoms with Crippen molar-refractivity contribution in [2.75, 3.05) is 26.3 Å². The third-order valence-corrected chi connectivity index (χ3v) is 9.04. The first kappa shape index (κ1) is 47.1. The monoisotopic (exact) mass is 710 g/mol. The van der Waals surface area contributed by atoms with Crippen LogP contribution in [0.3, 0.4) is 0 Å². The van der Waals surface area contributed by atoms with Gasteiger partial charge in [-0.05, 0) is 51.4 Å². The number of guanidine groups is 1. The summed E-state index contributed by atoms with van der Waals surface area (Å²) < 4.78 is 11.1. The molecule has 0 bridgehead atoms. The molecule has 0 saturated carbocycles. The molecule has 0 aliphatic heterocycles. The Morgan fingerprint density at radius 3 is 1.66 bits per heavy atom.